The second-order valence-corrected chi connectivity index (χ2v) is 3.71. The van der Waals surface area contributed by atoms with Crippen LogP contribution in [-0.4, -0.2) is 36.6 Å². The van der Waals surface area contributed by atoms with Crippen LogP contribution in [0.15, 0.2) is 24.3 Å². The fourth-order valence-corrected chi connectivity index (χ4v) is 1.95. The predicted molar refractivity (Wildman–Crippen MR) is 50.2 cm³/mol. The van der Waals surface area contributed by atoms with Crippen molar-refractivity contribution in [2.45, 2.75) is 4.44 Å². The average Bonchev–Trinajstić information content (AvgIpc) is 2.04. The van der Waals surface area contributed by atoms with E-state index in [-0.39, 0.29) is 0 Å². The Bertz CT molecular complexity index is 233. The molecule has 1 rings (SSSR count). The summed E-state index contributed by atoms with van der Waals surface area (Å²) in [4.78, 5) is 2.17. The minimum atomic E-state index is 1.20. The molecule has 0 atom stereocenters. The average molecular weight is 253 g/mol. The van der Waals surface area contributed by atoms with E-state index in [1.165, 1.54) is 15.7 Å². The Morgan fingerprint density at radius 1 is 1.27 bits per heavy atom. The van der Waals surface area contributed by atoms with Crippen molar-refractivity contribution in [1.82, 2.24) is 0 Å². The van der Waals surface area contributed by atoms with Gasteiger partial charge in [-0.2, -0.15) is 0 Å². The second-order valence-electron chi connectivity index (χ2n) is 2.70. The summed E-state index contributed by atoms with van der Waals surface area (Å²) >= 11 is 1.57. The number of nitrogens with zero attached hydrogens (tertiary/aromatic N) is 1. The molecule has 11 heavy (non-hydrogen) atoms. The van der Waals surface area contributed by atoms with Crippen molar-refractivity contribution < 1.29 is 0 Å². The van der Waals surface area contributed by atoms with Gasteiger partial charge < -0.3 is 0 Å². The van der Waals surface area contributed by atoms with Crippen LogP contribution >= 0.6 is 0 Å². The van der Waals surface area contributed by atoms with E-state index in [0.717, 1.165) is 0 Å². The fourth-order valence-electron chi connectivity index (χ4n) is 1.10. The van der Waals surface area contributed by atoms with Gasteiger partial charge in [0.15, 0.2) is 0 Å². The third-order valence-corrected chi connectivity index (χ3v) is 2.75. The molecule has 3 radical (unpaired) electrons. The molecule has 0 aliphatic rings. The molecule has 0 heterocycles. The standard InChI is InChI=1S/C9H12N.Sn/c1-8-6-4-5-7-9(8)10(2)3;/h4-7H,1H2,2-3H3;. The molecule has 1 aromatic rings. The first-order chi connectivity index (χ1) is 5.25. The Kier molecular flexibility index (Phi) is 3.24. The molecule has 0 saturated heterocycles. The van der Waals surface area contributed by atoms with Crippen molar-refractivity contribution in [2.75, 3.05) is 19.0 Å². The van der Waals surface area contributed by atoms with E-state index in [1.54, 1.807) is 22.5 Å². The van der Waals surface area contributed by atoms with Gasteiger partial charge in [0, 0.05) is 0 Å². The zero-order valence-electron chi connectivity index (χ0n) is 6.96. The third kappa shape index (κ3) is 2.12. The summed E-state index contributed by atoms with van der Waals surface area (Å²) in [5.74, 6) is 0. The van der Waals surface area contributed by atoms with Gasteiger partial charge in [-0.1, -0.05) is 0 Å². The van der Waals surface area contributed by atoms with Crippen LogP contribution in [0.1, 0.15) is 5.56 Å². The summed E-state index contributed by atoms with van der Waals surface area (Å²) in [7, 11) is 4.18. The van der Waals surface area contributed by atoms with Crippen molar-refractivity contribution in [1.29, 1.82) is 0 Å². The van der Waals surface area contributed by atoms with E-state index < -0.39 is 0 Å². The van der Waals surface area contributed by atoms with Gasteiger partial charge in [-0.3, -0.25) is 0 Å². The van der Waals surface area contributed by atoms with Crippen LogP contribution in [0.5, 0.6) is 0 Å². The zero-order chi connectivity index (χ0) is 8.27. The van der Waals surface area contributed by atoms with E-state index >= 15 is 0 Å². The maximum atomic E-state index is 2.20. The predicted octanol–water partition coefficient (Wildman–Crippen LogP) is 1.42. The molecule has 0 spiro atoms. The Balaban J connectivity index is 3.02. The number of anilines is 1. The van der Waals surface area contributed by atoms with E-state index in [9.17, 15) is 0 Å². The molecule has 0 unspecified atom stereocenters. The summed E-state index contributed by atoms with van der Waals surface area (Å²) in [6.45, 7) is 0. The molecule has 0 aliphatic heterocycles. The van der Waals surface area contributed by atoms with Crippen molar-refractivity contribution in [3.63, 3.8) is 0 Å². The Morgan fingerprint density at radius 2 is 1.91 bits per heavy atom. The van der Waals surface area contributed by atoms with Gasteiger partial charge in [-0.05, 0) is 0 Å². The van der Waals surface area contributed by atoms with Gasteiger partial charge in [0.2, 0.25) is 0 Å². The second kappa shape index (κ2) is 4.00. The molecule has 57 valence electrons. The van der Waals surface area contributed by atoms with Crippen LogP contribution in [-0.2, 0) is 4.44 Å². The molecule has 0 aromatic heterocycles. The van der Waals surface area contributed by atoms with Gasteiger partial charge >= 0.3 is 81.5 Å². The maximum absolute atomic E-state index is 2.20. The third-order valence-electron chi connectivity index (χ3n) is 1.66. The van der Waals surface area contributed by atoms with Crippen molar-refractivity contribution in [3.05, 3.63) is 29.8 Å². The molecule has 1 aromatic carbocycles. The summed E-state index contributed by atoms with van der Waals surface area (Å²) in [5.41, 5.74) is 2.81. The van der Waals surface area contributed by atoms with E-state index in [0.29, 0.717) is 0 Å². The Morgan fingerprint density at radius 3 is 2.36 bits per heavy atom. The first-order valence-electron chi connectivity index (χ1n) is 3.65. The molecule has 1 nitrogen and oxygen atoms in total. The SMILES string of the molecule is CN(C)c1ccccc1[CH2][Sn]. The van der Waals surface area contributed by atoms with Gasteiger partial charge in [0.25, 0.3) is 0 Å². The molecule has 0 saturated carbocycles. The Hall–Kier alpha value is -0.181. The first-order valence-corrected chi connectivity index (χ1v) is 5.67. The number of hydrogen-bond acceptors (Lipinski definition) is 1. The van der Waals surface area contributed by atoms with Gasteiger partial charge in [0.05, 0.1) is 0 Å². The molecule has 2 heteroatoms. The molecule has 0 N–H and O–H groups in total. The molecule has 0 aliphatic carbocycles. The van der Waals surface area contributed by atoms with Gasteiger partial charge in [0.1, 0.15) is 0 Å². The topological polar surface area (TPSA) is 3.24 Å². The van der Waals surface area contributed by atoms with Crippen LogP contribution in [0.2, 0.25) is 0 Å². The first kappa shape index (κ1) is 8.91. The monoisotopic (exact) mass is 254 g/mol. The molecule has 0 amide bonds. The molecule has 0 bridgehead atoms. The van der Waals surface area contributed by atoms with Crippen molar-refractivity contribution in [2.24, 2.45) is 0 Å². The van der Waals surface area contributed by atoms with Gasteiger partial charge in [-0.15, -0.1) is 0 Å². The number of rotatable bonds is 2. The summed E-state index contributed by atoms with van der Waals surface area (Å²) in [6, 6.07) is 8.56. The van der Waals surface area contributed by atoms with Crippen LogP contribution < -0.4 is 4.90 Å². The number of para-hydroxylation sites is 1. The van der Waals surface area contributed by atoms with Gasteiger partial charge in [-0.25, -0.2) is 0 Å². The van der Waals surface area contributed by atoms with E-state index in [2.05, 4.69) is 43.3 Å². The normalized spacial score (nSPS) is 9.73. The van der Waals surface area contributed by atoms with Crippen LogP contribution in [0.25, 0.3) is 0 Å². The van der Waals surface area contributed by atoms with Crippen molar-refractivity contribution >= 4 is 28.2 Å². The van der Waals surface area contributed by atoms with Crippen LogP contribution in [0.3, 0.4) is 0 Å². The fraction of sp³-hybridized carbons (Fsp3) is 0.333. The van der Waals surface area contributed by atoms with E-state index in [1.807, 2.05) is 0 Å². The summed E-state index contributed by atoms with van der Waals surface area (Å²) in [6.07, 6.45) is 0. The quantitative estimate of drug-likeness (QED) is 0.720. The van der Waals surface area contributed by atoms with E-state index in [4.69, 9.17) is 0 Å². The number of benzene rings is 1. The Labute approximate surface area is 81.5 Å². The minimum absolute atomic E-state index is 1.20. The summed E-state index contributed by atoms with van der Waals surface area (Å²) < 4.78 is 1.20. The van der Waals surface area contributed by atoms with Crippen molar-refractivity contribution in [3.8, 4) is 0 Å². The number of hydrogen-bond donors (Lipinski definition) is 0. The summed E-state index contributed by atoms with van der Waals surface area (Å²) in [5, 5.41) is 0. The van der Waals surface area contributed by atoms with Crippen LogP contribution in [0.4, 0.5) is 5.69 Å². The zero-order valence-corrected chi connectivity index (χ0v) is 9.82. The molecular weight excluding hydrogens is 241 g/mol. The molecule has 0 fully saturated rings. The van der Waals surface area contributed by atoms with Crippen LogP contribution in [0, 0.1) is 0 Å². The molecular formula is C9H12NSn.